The number of benzene rings is 2. The molecule has 1 aromatic heterocycles. The van der Waals surface area contributed by atoms with Gasteiger partial charge in [-0.05, 0) is 23.5 Å². The SMILES string of the molecule is C[C@@H](CN1CCc2nnc(CCc3ccccc3)n2CC1)c1ccccc1. The standard InChI is InChI=1S/C23H28N4/c1-19(21-10-6-3-7-11-21)18-26-15-14-23-25-24-22(27(23)17-16-26)13-12-20-8-4-2-5-9-20/h2-11,19H,12-18H2,1H3/t19-/m0/s1. The molecule has 140 valence electrons. The second-order valence-corrected chi connectivity index (χ2v) is 7.53. The van der Waals surface area contributed by atoms with Crippen molar-refractivity contribution in [1.29, 1.82) is 0 Å². The number of fused-ring (bicyclic) bond motifs is 1. The third-order valence-electron chi connectivity index (χ3n) is 5.58. The first-order valence-electron chi connectivity index (χ1n) is 10.0. The van der Waals surface area contributed by atoms with Crippen molar-refractivity contribution in [2.45, 2.75) is 38.6 Å². The first-order valence-corrected chi connectivity index (χ1v) is 10.0. The maximum atomic E-state index is 4.49. The molecule has 4 nitrogen and oxygen atoms in total. The largest absolute Gasteiger partial charge is 0.314 e. The summed E-state index contributed by atoms with van der Waals surface area (Å²) in [5, 5.41) is 8.97. The van der Waals surface area contributed by atoms with E-state index in [9.17, 15) is 0 Å². The number of aromatic nitrogens is 3. The number of hydrogen-bond donors (Lipinski definition) is 0. The van der Waals surface area contributed by atoms with Crippen LogP contribution in [0.25, 0.3) is 0 Å². The Bertz CT molecular complexity index is 841. The normalized spacial score (nSPS) is 15.9. The Hall–Kier alpha value is -2.46. The van der Waals surface area contributed by atoms with Gasteiger partial charge in [-0.25, -0.2) is 0 Å². The summed E-state index contributed by atoms with van der Waals surface area (Å²) in [5.74, 6) is 2.83. The lowest BCUT2D eigenvalue weighted by molar-refractivity contribution is 0.265. The Labute approximate surface area is 161 Å². The van der Waals surface area contributed by atoms with Gasteiger partial charge in [0.05, 0.1) is 0 Å². The van der Waals surface area contributed by atoms with E-state index in [-0.39, 0.29) is 0 Å². The fraction of sp³-hybridized carbons (Fsp3) is 0.391. The summed E-state index contributed by atoms with van der Waals surface area (Å²) in [6.07, 6.45) is 2.96. The minimum absolute atomic E-state index is 0.548. The van der Waals surface area contributed by atoms with Crippen LogP contribution in [0, 0.1) is 0 Å². The predicted molar refractivity (Wildman–Crippen MR) is 109 cm³/mol. The van der Waals surface area contributed by atoms with Gasteiger partial charge in [0.1, 0.15) is 11.6 Å². The lowest BCUT2D eigenvalue weighted by Gasteiger charge is -2.24. The van der Waals surface area contributed by atoms with Crippen molar-refractivity contribution in [2.24, 2.45) is 0 Å². The Morgan fingerprint density at radius 1 is 0.852 bits per heavy atom. The van der Waals surface area contributed by atoms with Crippen LogP contribution in [0.4, 0.5) is 0 Å². The van der Waals surface area contributed by atoms with Crippen molar-refractivity contribution in [1.82, 2.24) is 19.7 Å². The third kappa shape index (κ3) is 4.45. The molecule has 27 heavy (non-hydrogen) atoms. The molecule has 0 N–H and O–H groups in total. The molecule has 1 atom stereocenters. The maximum Gasteiger partial charge on any atom is 0.134 e. The molecule has 0 radical (unpaired) electrons. The molecule has 4 rings (SSSR count). The van der Waals surface area contributed by atoms with Gasteiger partial charge in [0.2, 0.25) is 0 Å². The number of rotatable bonds is 6. The van der Waals surface area contributed by atoms with Crippen LogP contribution in [-0.2, 0) is 25.8 Å². The predicted octanol–water partition coefficient (Wildman–Crippen LogP) is 3.73. The zero-order valence-electron chi connectivity index (χ0n) is 16.1. The van der Waals surface area contributed by atoms with Crippen LogP contribution >= 0.6 is 0 Å². The van der Waals surface area contributed by atoms with E-state index in [4.69, 9.17) is 0 Å². The van der Waals surface area contributed by atoms with Gasteiger partial charge < -0.3 is 9.47 Å². The highest BCUT2D eigenvalue weighted by atomic mass is 15.3. The number of nitrogens with zero attached hydrogens (tertiary/aromatic N) is 4. The fourth-order valence-electron chi connectivity index (χ4n) is 3.97. The topological polar surface area (TPSA) is 34.0 Å². The molecular weight excluding hydrogens is 332 g/mol. The monoisotopic (exact) mass is 360 g/mol. The minimum atomic E-state index is 0.548. The Morgan fingerprint density at radius 3 is 2.37 bits per heavy atom. The summed E-state index contributed by atoms with van der Waals surface area (Å²) in [6.45, 7) is 6.55. The molecule has 0 spiro atoms. The minimum Gasteiger partial charge on any atom is -0.314 e. The smallest absolute Gasteiger partial charge is 0.134 e. The number of aryl methyl sites for hydroxylation is 2. The maximum absolute atomic E-state index is 4.49. The van der Waals surface area contributed by atoms with Crippen LogP contribution < -0.4 is 0 Å². The van der Waals surface area contributed by atoms with Gasteiger partial charge >= 0.3 is 0 Å². The molecule has 0 amide bonds. The summed E-state index contributed by atoms with van der Waals surface area (Å²) < 4.78 is 2.36. The zero-order chi connectivity index (χ0) is 18.5. The molecule has 3 aromatic rings. The second kappa shape index (κ2) is 8.49. The zero-order valence-corrected chi connectivity index (χ0v) is 16.1. The van der Waals surface area contributed by atoms with Crippen molar-refractivity contribution in [3.8, 4) is 0 Å². The van der Waals surface area contributed by atoms with Crippen molar-refractivity contribution in [3.05, 3.63) is 83.4 Å². The highest BCUT2D eigenvalue weighted by Gasteiger charge is 2.20. The summed E-state index contributed by atoms with van der Waals surface area (Å²) in [7, 11) is 0. The lowest BCUT2D eigenvalue weighted by Crippen LogP contribution is -2.31. The van der Waals surface area contributed by atoms with Crippen molar-refractivity contribution < 1.29 is 0 Å². The molecule has 1 aliphatic rings. The average Bonchev–Trinajstić information content (AvgIpc) is 3.00. The van der Waals surface area contributed by atoms with Crippen LogP contribution in [0.2, 0.25) is 0 Å². The van der Waals surface area contributed by atoms with Crippen LogP contribution in [0.1, 0.15) is 35.6 Å². The van der Waals surface area contributed by atoms with Crippen LogP contribution in [0.15, 0.2) is 60.7 Å². The highest BCUT2D eigenvalue weighted by Crippen LogP contribution is 2.18. The van der Waals surface area contributed by atoms with E-state index >= 15 is 0 Å². The van der Waals surface area contributed by atoms with Crippen molar-refractivity contribution in [3.63, 3.8) is 0 Å². The molecule has 4 heteroatoms. The molecule has 0 unspecified atom stereocenters. The van der Waals surface area contributed by atoms with E-state index in [0.29, 0.717) is 5.92 Å². The number of hydrogen-bond acceptors (Lipinski definition) is 3. The summed E-state index contributed by atoms with van der Waals surface area (Å²) in [6, 6.07) is 21.5. The first-order chi connectivity index (χ1) is 13.3. The Balaban J connectivity index is 1.36. The van der Waals surface area contributed by atoms with Crippen molar-refractivity contribution >= 4 is 0 Å². The molecule has 2 heterocycles. The summed E-state index contributed by atoms with van der Waals surface area (Å²) in [4.78, 5) is 2.58. The van der Waals surface area contributed by atoms with Crippen LogP contribution in [0.5, 0.6) is 0 Å². The fourth-order valence-corrected chi connectivity index (χ4v) is 3.97. The van der Waals surface area contributed by atoms with E-state index in [1.165, 1.54) is 11.1 Å². The van der Waals surface area contributed by atoms with Crippen molar-refractivity contribution in [2.75, 3.05) is 19.6 Å². The van der Waals surface area contributed by atoms with Gasteiger partial charge in [0.15, 0.2) is 0 Å². The molecule has 0 saturated heterocycles. The van der Waals surface area contributed by atoms with Crippen LogP contribution in [-0.4, -0.2) is 39.3 Å². The van der Waals surface area contributed by atoms with Gasteiger partial charge in [-0.3, -0.25) is 0 Å². The molecular formula is C23H28N4. The van der Waals surface area contributed by atoms with E-state index in [1.54, 1.807) is 0 Å². The van der Waals surface area contributed by atoms with Gasteiger partial charge in [-0.2, -0.15) is 0 Å². The third-order valence-corrected chi connectivity index (χ3v) is 5.58. The van der Waals surface area contributed by atoms with Gasteiger partial charge in [-0.1, -0.05) is 67.6 Å². The van der Waals surface area contributed by atoms with Gasteiger partial charge in [-0.15, -0.1) is 10.2 Å². The molecule has 0 aliphatic carbocycles. The first kappa shape index (κ1) is 17.9. The molecule has 0 saturated carbocycles. The summed E-state index contributed by atoms with van der Waals surface area (Å²) in [5.41, 5.74) is 2.78. The molecule has 0 fully saturated rings. The van der Waals surface area contributed by atoms with Crippen LogP contribution in [0.3, 0.4) is 0 Å². The lowest BCUT2D eigenvalue weighted by atomic mass is 10.0. The second-order valence-electron chi connectivity index (χ2n) is 7.53. The Kier molecular flexibility index (Phi) is 5.64. The molecule has 1 aliphatic heterocycles. The van der Waals surface area contributed by atoms with Gasteiger partial charge in [0.25, 0.3) is 0 Å². The van der Waals surface area contributed by atoms with E-state index < -0.39 is 0 Å². The van der Waals surface area contributed by atoms with E-state index in [2.05, 4.69) is 87.3 Å². The highest BCUT2D eigenvalue weighted by molar-refractivity contribution is 5.19. The summed E-state index contributed by atoms with van der Waals surface area (Å²) >= 11 is 0. The quantitative estimate of drug-likeness (QED) is 0.672. The average molecular weight is 361 g/mol. The van der Waals surface area contributed by atoms with Gasteiger partial charge in [0, 0.05) is 39.0 Å². The molecule has 2 aromatic carbocycles. The molecule has 0 bridgehead atoms. The van der Waals surface area contributed by atoms with E-state index in [1.807, 2.05) is 0 Å². The Morgan fingerprint density at radius 2 is 1.59 bits per heavy atom. The van der Waals surface area contributed by atoms with E-state index in [0.717, 1.165) is 57.1 Å².